The fraction of sp³-hybridized carbons (Fsp3) is 1.00. The first kappa shape index (κ1) is 9.55. The number of alkyl halides is 1. The Balaban J connectivity index is 2.67. The van der Waals surface area contributed by atoms with E-state index in [1.807, 2.05) is 6.92 Å². The minimum Gasteiger partial charge on any atom is -0.393 e. The third kappa shape index (κ3) is 1.63. The van der Waals surface area contributed by atoms with Crippen LogP contribution in [0.4, 0.5) is 0 Å². The topological polar surface area (TPSA) is 29.5 Å². The van der Waals surface area contributed by atoms with E-state index in [4.69, 9.17) is 17.7 Å². The van der Waals surface area contributed by atoms with Gasteiger partial charge in [-0.05, 0) is 12.3 Å². The number of aliphatic hydroxyl groups excluding tert-OH is 1. The lowest BCUT2D eigenvalue weighted by Gasteiger charge is -2.28. The highest BCUT2D eigenvalue weighted by atomic mass is 79.9. The maximum absolute atomic E-state index is 9.09. The molecule has 0 aromatic heterocycles. The first-order chi connectivity index (χ1) is 5.14. The molecule has 11 heavy (non-hydrogen) atoms. The SMILES string of the molecule is [B][C@H]1C[C@@H](C)[C@](CO)(CBr)O1. The Morgan fingerprint density at radius 2 is 2.45 bits per heavy atom. The zero-order valence-electron chi connectivity index (χ0n) is 6.59. The van der Waals surface area contributed by atoms with Gasteiger partial charge in [0, 0.05) is 11.3 Å². The molecule has 3 atom stereocenters. The molecule has 0 aromatic rings. The molecule has 1 aliphatic heterocycles. The van der Waals surface area contributed by atoms with Gasteiger partial charge in [-0.1, -0.05) is 22.9 Å². The Morgan fingerprint density at radius 1 is 1.82 bits per heavy atom. The number of hydrogen-bond acceptors (Lipinski definition) is 2. The van der Waals surface area contributed by atoms with Crippen molar-refractivity contribution in [2.75, 3.05) is 11.9 Å². The molecular formula is C7H12BBrO2. The van der Waals surface area contributed by atoms with Crippen molar-refractivity contribution in [2.24, 2.45) is 5.92 Å². The zero-order chi connectivity index (χ0) is 8.48. The number of hydrogen-bond donors (Lipinski definition) is 1. The van der Waals surface area contributed by atoms with E-state index in [0.29, 0.717) is 11.2 Å². The van der Waals surface area contributed by atoms with E-state index >= 15 is 0 Å². The summed E-state index contributed by atoms with van der Waals surface area (Å²) in [7, 11) is 5.60. The molecule has 0 amide bonds. The highest BCUT2D eigenvalue weighted by Crippen LogP contribution is 2.35. The molecule has 0 bridgehead atoms. The van der Waals surface area contributed by atoms with Crippen molar-refractivity contribution < 1.29 is 9.84 Å². The van der Waals surface area contributed by atoms with E-state index < -0.39 is 5.60 Å². The van der Waals surface area contributed by atoms with Crippen molar-refractivity contribution in [1.29, 1.82) is 0 Å². The third-order valence-electron chi connectivity index (χ3n) is 2.36. The van der Waals surface area contributed by atoms with Crippen LogP contribution in [0.5, 0.6) is 0 Å². The average molecular weight is 219 g/mol. The number of rotatable bonds is 2. The van der Waals surface area contributed by atoms with Gasteiger partial charge in [-0.3, -0.25) is 0 Å². The summed E-state index contributed by atoms with van der Waals surface area (Å²) in [6.07, 6.45) is 0.826. The maximum atomic E-state index is 9.09. The summed E-state index contributed by atoms with van der Waals surface area (Å²) in [5.41, 5.74) is -0.445. The highest BCUT2D eigenvalue weighted by molar-refractivity contribution is 9.09. The summed E-state index contributed by atoms with van der Waals surface area (Å²) < 4.78 is 5.44. The lowest BCUT2D eigenvalue weighted by atomic mass is 9.87. The van der Waals surface area contributed by atoms with Gasteiger partial charge in [0.05, 0.1) is 6.61 Å². The second-order valence-corrected chi connectivity index (χ2v) is 3.71. The molecule has 1 fully saturated rings. The highest BCUT2D eigenvalue weighted by Gasteiger charge is 2.43. The van der Waals surface area contributed by atoms with Gasteiger partial charge in [0.25, 0.3) is 0 Å². The van der Waals surface area contributed by atoms with Crippen LogP contribution < -0.4 is 0 Å². The zero-order valence-corrected chi connectivity index (χ0v) is 8.17. The maximum Gasteiger partial charge on any atom is 0.109 e. The smallest absolute Gasteiger partial charge is 0.109 e. The van der Waals surface area contributed by atoms with Crippen LogP contribution in [-0.2, 0) is 4.74 Å². The molecule has 62 valence electrons. The summed E-state index contributed by atoms with van der Waals surface area (Å²) in [6.45, 7) is 2.08. The van der Waals surface area contributed by atoms with E-state index in [2.05, 4.69) is 15.9 Å². The molecule has 0 saturated carbocycles. The van der Waals surface area contributed by atoms with Gasteiger partial charge in [0.2, 0.25) is 0 Å². The standard InChI is InChI=1S/C7H12BBrO2/c1-5-2-6(8)11-7(5,3-9)4-10/h5-6,10H,2-4H2,1H3/t5-,6-,7-/m1/s1. The van der Waals surface area contributed by atoms with E-state index in [1.54, 1.807) is 0 Å². The van der Waals surface area contributed by atoms with Crippen LogP contribution in [-0.4, -0.2) is 36.5 Å². The van der Waals surface area contributed by atoms with Gasteiger partial charge in [-0.2, -0.15) is 0 Å². The van der Waals surface area contributed by atoms with Gasteiger partial charge in [-0.15, -0.1) is 0 Å². The Kier molecular flexibility index (Phi) is 3.00. The second-order valence-electron chi connectivity index (χ2n) is 3.15. The van der Waals surface area contributed by atoms with Crippen molar-refractivity contribution in [3.05, 3.63) is 0 Å². The average Bonchev–Trinajstić information content (AvgIpc) is 2.27. The molecule has 0 aromatic carbocycles. The molecule has 1 saturated heterocycles. The first-order valence-corrected chi connectivity index (χ1v) is 4.87. The van der Waals surface area contributed by atoms with E-state index in [-0.39, 0.29) is 12.6 Å². The minimum absolute atomic E-state index is 0.0348. The summed E-state index contributed by atoms with van der Waals surface area (Å²) >= 11 is 3.32. The summed E-state index contributed by atoms with van der Waals surface area (Å²) in [6, 6.07) is -0.213. The van der Waals surface area contributed by atoms with Crippen molar-refractivity contribution in [2.45, 2.75) is 24.9 Å². The molecule has 1 heterocycles. The van der Waals surface area contributed by atoms with E-state index in [1.165, 1.54) is 0 Å². The van der Waals surface area contributed by atoms with Gasteiger partial charge < -0.3 is 9.84 Å². The summed E-state index contributed by atoms with van der Waals surface area (Å²) in [5, 5.41) is 9.74. The van der Waals surface area contributed by atoms with E-state index in [0.717, 1.165) is 6.42 Å². The molecule has 0 spiro atoms. The van der Waals surface area contributed by atoms with Crippen LogP contribution in [0, 0.1) is 5.92 Å². The van der Waals surface area contributed by atoms with Crippen molar-refractivity contribution >= 4 is 23.8 Å². The van der Waals surface area contributed by atoms with Gasteiger partial charge in [0.15, 0.2) is 0 Å². The third-order valence-corrected chi connectivity index (χ3v) is 3.31. The van der Waals surface area contributed by atoms with Crippen molar-refractivity contribution in [3.8, 4) is 0 Å². The molecule has 1 aliphatic rings. The lowest BCUT2D eigenvalue weighted by Crippen LogP contribution is -2.40. The van der Waals surface area contributed by atoms with Crippen LogP contribution in [0.1, 0.15) is 13.3 Å². The summed E-state index contributed by atoms with van der Waals surface area (Å²) in [4.78, 5) is 0. The number of aliphatic hydroxyl groups is 1. The number of ether oxygens (including phenoxy) is 1. The quantitative estimate of drug-likeness (QED) is 0.546. The van der Waals surface area contributed by atoms with Crippen molar-refractivity contribution in [1.82, 2.24) is 0 Å². The molecule has 2 nitrogen and oxygen atoms in total. The Morgan fingerprint density at radius 3 is 2.64 bits per heavy atom. The molecule has 1 N–H and O–H groups in total. The molecule has 0 unspecified atom stereocenters. The molecule has 2 radical (unpaired) electrons. The van der Waals surface area contributed by atoms with Gasteiger partial charge >= 0.3 is 0 Å². The van der Waals surface area contributed by atoms with Crippen LogP contribution in [0.2, 0.25) is 0 Å². The number of halogens is 1. The van der Waals surface area contributed by atoms with Crippen LogP contribution in [0.25, 0.3) is 0 Å². The summed E-state index contributed by atoms with van der Waals surface area (Å²) in [5.74, 6) is 0.321. The Bertz CT molecular complexity index is 138. The largest absolute Gasteiger partial charge is 0.393 e. The second kappa shape index (κ2) is 3.46. The molecule has 1 rings (SSSR count). The van der Waals surface area contributed by atoms with Crippen LogP contribution in [0.15, 0.2) is 0 Å². The normalized spacial score (nSPS) is 44.6. The minimum atomic E-state index is -0.445. The van der Waals surface area contributed by atoms with Crippen LogP contribution in [0.3, 0.4) is 0 Å². The molecule has 0 aliphatic carbocycles. The fourth-order valence-corrected chi connectivity index (χ4v) is 2.29. The molecule has 4 heteroatoms. The Labute approximate surface area is 76.9 Å². The fourth-order valence-electron chi connectivity index (χ4n) is 1.43. The lowest BCUT2D eigenvalue weighted by molar-refractivity contribution is -0.0497. The monoisotopic (exact) mass is 218 g/mol. The first-order valence-electron chi connectivity index (χ1n) is 3.75. The van der Waals surface area contributed by atoms with Crippen LogP contribution >= 0.6 is 15.9 Å². The predicted molar refractivity (Wildman–Crippen MR) is 48.0 cm³/mol. The molecular weight excluding hydrogens is 207 g/mol. The van der Waals surface area contributed by atoms with Crippen molar-refractivity contribution in [3.63, 3.8) is 0 Å². The van der Waals surface area contributed by atoms with Gasteiger partial charge in [-0.25, -0.2) is 0 Å². The predicted octanol–water partition coefficient (Wildman–Crippen LogP) is 0.663. The Hall–Kier alpha value is 0.465. The van der Waals surface area contributed by atoms with Gasteiger partial charge in [0.1, 0.15) is 13.4 Å². The van der Waals surface area contributed by atoms with E-state index in [9.17, 15) is 0 Å².